The Morgan fingerprint density at radius 1 is 1.47 bits per heavy atom. The van der Waals surface area contributed by atoms with E-state index in [0.717, 1.165) is 28.5 Å². The summed E-state index contributed by atoms with van der Waals surface area (Å²) in [5.74, 6) is 0.944. The van der Waals surface area contributed by atoms with Crippen LogP contribution in [0.15, 0.2) is 18.2 Å². The highest BCUT2D eigenvalue weighted by Crippen LogP contribution is 2.36. The lowest BCUT2D eigenvalue weighted by molar-refractivity contribution is 0.575. The summed E-state index contributed by atoms with van der Waals surface area (Å²) in [4.78, 5) is 0. The molecular weight excluding hydrogens is 206 g/mol. The van der Waals surface area contributed by atoms with Crippen molar-refractivity contribution < 1.29 is 0 Å². The van der Waals surface area contributed by atoms with E-state index in [4.69, 9.17) is 17.3 Å². The summed E-state index contributed by atoms with van der Waals surface area (Å²) >= 11 is 6.24. The summed E-state index contributed by atoms with van der Waals surface area (Å²) in [5.41, 5.74) is 8.39. The summed E-state index contributed by atoms with van der Waals surface area (Å²) in [6.45, 7) is 2.03. The van der Waals surface area contributed by atoms with E-state index < -0.39 is 0 Å². The van der Waals surface area contributed by atoms with Crippen LogP contribution in [0, 0.1) is 12.8 Å². The SMILES string of the molecule is Cc1cccc(C(N)CCC2CC2)c1Cl. The number of nitrogens with two attached hydrogens (primary N) is 1. The summed E-state index contributed by atoms with van der Waals surface area (Å²) < 4.78 is 0. The van der Waals surface area contributed by atoms with Gasteiger partial charge < -0.3 is 5.73 Å². The average molecular weight is 224 g/mol. The molecule has 2 rings (SSSR count). The Morgan fingerprint density at radius 3 is 2.87 bits per heavy atom. The first-order valence-corrected chi connectivity index (χ1v) is 6.07. The Kier molecular flexibility index (Phi) is 3.32. The average Bonchev–Trinajstić information content (AvgIpc) is 3.02. The molecule has 0 spiro atoms. The molecule has 2 heteroatoms. The number of aryl methyl sites for hydroxylation is 1. The third-order valence-electron chi connectivity index (χ3n) is 3.20. The van der Waals surface area contributed by atoms with Crippen LogP contribution in [0.25, 0.3) is 0 Å². The van der Waals surface area contributed by atoms with Crippen molar-refractivity contribution in [3.05, 3.63) is 34.3 Å². The molecule has 1 aromatic rings. The zero-order chi connectivity index (χ0) is 10.8. The van der Waals surface area contributed by atoms with E-state index in [0.29, 0.717) is 0 Å². The summed E-state index contributed by atoms with van der Waals surface area (Å²) in [5, 5.41) is 0.848. The first-order chi connectivity index (χ1) is 7.18. The number of hydrogen-bond donors (Lipinski definition) is 1. The lowest BCUT2D eigenvalue weighted by Gasteiger charge is -2.14. The third-order valence-corrected chi connectivity index (χ3v) is 3.72. The number of rotatable bonds is 4. The molecule has 82 valence electrons. The maximum atomic E-state index is 6.24. The van der Waals surface area contributed by atoms with Crippen LogP contribution in [0.2, 0.25) is 5.02 Å². The van der Waals surface area contributed by atoms with Gasteiger partial charge in [-0.3, -0.25) is 0 Å². The molecule has 1 fully saturated rings. The van der Waals surface area contributed by atoms with Gasteiger partial charge in [0.1, 0.15) is 0 Å². The van der Waals surface area contributed by atoms with Crippen LogP contribution >= 0.6 is 11.6 Å². The summed E-state index contributed by atoms with van der Waals surface area (Å²) in [6, 6.07) is 6.22. The van der Waals surface area contributed by atoms with Crippen molar-refractivity contribution in [1.29, 1.82) is 0 Å². The third kappa shape index (κ3) is 2.73. The van der Waals surface area contributed by atoms with Gasteiger partial charge >= 0.3 is 0 Å². The van der Waals surface area contributed by atoms with Crippen molar-refractivity contribution in [2.24, 2.45) is 11.7 Å². The highest BCUT2D eigenvalue weighted by Gasteiger charge is 2.22. The zero-order valence-electron chi connectivity index (χ0n) is 9.17. The van der Waals surface area contributed by atoms with Crippen LogP contribution in [-0.2, 0) is 0 Å². The lowest BCUT2D eigenvalue weighted by atomic mass is 10.00. The molecule has 1 saturated carbocycles. The normalized spacial score (nSPS) is 17.8. The summed E-state index contributed by atoms with van der Waals surface area (Å²) in [7, 11) is 0. The minimum Gasteiger partial charge on any atom is -0.324 e. The molecule has 0 bridgehead atoms. The standard InChI is InChI=1S/C13H18ClN/c1-9-3-2-4-11(13(9)14)12(15)8-7-10-5-6-10/h2-4,10,12H,5-8,15H2,1H3. The Hall–Kier alpha value is -0.530. The first-order valence-electron chi connectivity index (χ1n) is 5.69. The fraction of sp³-hybridized carbons (Fsp3) is 0.538. The second kappa shape index (κ2) is 4.54. The molecule has 1 aliphatic carbocycles. The molecule has 1 aromatic carbocycles. The first kappa shape index (κ1) is 11.0. The van der Waals surface area contributed by atoms with Gasteiger partial charge in [-0.1, -0.05) is 42.6 Å². The van der Waals surface area contributed by atoms with Crippen molar-refractivity contribution in [3.63, 3.8) is 0 Å². The van der Waals surface area contributed by atoms with Crippen LogP contribution in [-0.4, -0.2) is 0 Å². The van der Waals surface area contributed by atoms with Gasteiger partial charge in [-0.05, 0) is 36.8 Å². The van der Waals surface area contributed by atoms with E-state index in [-0.39, 0.29) is 6.04 Å². The Bertz CT molecular complexity index is 344. The van der Waals surface area contributed by atoms with E-state index in [9.17, 15) is 0 Å². The van der Waals surface area contributed by atoms with E-state index in [1.54, 1.807) is 0 Å². The molecule has 0 amide bonds. The molecule has 15 heavy (non-hydrogen) atoms. The van der Waals surface area contributed by atoms with Gasteiger partial charge in [0, 0.05) is 11.1 Å². The molecule has 0 radical (unpaired) electrons. The van der Waals surface area contributed by atoms with Crippen molar-refractivity contribution in [3.8, 4) is 0 Å². The molecule has 1 aliphatic rings. The van der Waals surface area contributed by atoms with Crippen LogP contribution in [0.4, 0.5) is 0 Å². The van der Waals surface area contributed by atoms with E-state index in [1.807, 2.05) is 25.1 Å². The topological polar surface area (TPSA) is 26.0 Å². The largest absolute Gasteiger partial charge is 0.324 e. The van der Waals surface area contributed by atoms with Gasteiger partial charge in [0.05, 0.1) is 0 Å². The molecule has 2 N–H and O–H groups in total. The van der Waals surface area contributed by atoms with Crippen LogP contribution in [0.5, 0.6) is 0 Å². The van der Waals surface area contributed by atoms with Gasteiger partial charge in [0.25, 0.3) is 0 Å². The smallest absolute Gasteiger partial charge is 0.0482 e. The number of hydrogen-bond acceptors (Lipinski definition) is 1. The van der Waals surface area contributed by atoms with Crippen LogP contribution in [0.3, 0.4) is 0 Å². The molecule has 0 heterocycles. The predicted molar refractivity (Wildman–Crippen MR) is 65.1 cm³/mol. The second-order valence-electron chi connectivity index (χ2n) is 4.61. The number of halogens is 1. The maximum Gasteiger partial charge on any atom is 0.0482 e. The summed E-state index contributed by atoms with van der Waals surface area (Å²) in [6.07, 6.45) is 5.11. The highest BCUT2D eigenvalue weighted by molar-refractivity contribution is 6.32. The fourth-order valence-corrected chi connectivity index (χ4v) is 2.20. The molecule has 0 aliphatic heterocycles. The predicted octanol–water partition coefficient (Wildman–Crippen LogP) is 3.84. The highest BCUT2D eigenvalue weighted by atomic mass is 35.5. The minimum absolute atomic E-state index is 0.109. The van der Waals surface area contributed by atoms with Crippen molar-refractivity contribution in [2.75, 3.05) is 0 Å². The Morgan fingerprint density at radius 2 is 2.20 bits per heavy atom. The molecule has 0 aromatic heterocycles. The van der Waals surface area contributed by atoms with Gasteiger partial charge in [-0.15, -0.1) is 0 Å². The molecular formula is C13H18ClN. The van der Waals surface area contributed by atoms with E-state index >= 15 is 0 Å². The molecule has 1 unspecified atom stereocenters. The van der Waals surface area contributed by atoms with E-state index in [1.165, 1.54) is 19.3 Å². The maximum absolute atomic E-state index is 6.24. The Labute approximate surface area is 96.6 Å². The monoisotopic (exact) mass is 223 g/mol. The van der Waals surface area contributed by atoms with Crippen LogP contribution in [0.1, 0.15) is 42.9 Å². The fourth-order valence-electron chi connectivity index (χ4n) is 1.93. The quantitative estimate of drug-likeness (QED) is 0.825. The lowest BCUT2D eigenvalue weighted by Crippen LogP contribution is -2.11. The van der Waals surface area contributed by atoms with Crippen molar-refractivity contribution >= 4 is 11.6 Å². The van der Waals surface area contributed by atoms with Gasteiger partial charge in [-0.25, -0.2) is 0 Å². The minimum atomic E-state index is 0.109. The zero-order valence-corrected chi connectivity index (χ0v) is 9.93. The van der Waals surface area contributed by atoms with Crippen molar-refractivity contribution in [1.82, 2.24) is 0 Å². The Balaban J connectivity index is 2.02. The number of benzene rings is 1. The van der Waals surface area contributed by atoms with Crippen LogP contribution < -0.4 is 5.73 Å². The van der Waals surface area contributed by atoms with Gasteiger partial charge in [-0.2, -0.15) is 0 Å². The van der Waals surface area contributed by atoms with Crippen molar-refractivity contribution in [2.45, 2.75) is 38.6 Å². The van der Waals surface area contributed by atoms with E-state index in [2.05, 4.69) is 0 Å². The van der Waals surface area contributed by atoms with Gasteiger partial charge in [0.2, 0.25) is 0 Å². The molecule has 1 atom stereocenters. The second-order valence-corrected chi connectivity index (χ2v) is 4.98. The van der Waals surface area contributed by atoms with Gasteiger partial charge in [0.15, 0.2) is 0 Å². The molecule has 0 saturated heterocycles. The molecule has 1 nitrogen and oxygen atoms in total.